The standard InChI is InChI=1S/C19H20ClN3O2/c1-12(14-7-9-15(20)10-8-14)21-13(2)19(25)23-11-18(24)22-16-5-3-4-6-17(16)23/h3-10,12-13,21H,11H2,1-2H3,(H,22,24)/t12-,13+/m1/s1. The molecule has 2 amide bonds. The SMILES string of the molecule is C[C@H](N[C@H](C)c1ccc(Cl)cc1)C(=O)N1CC(=O)Nc2ccccc21. The van der Waals surface area contributed by atoms with Crippen LogP contribution in [0, 0.1) is 0 Å². The molecule has 0 aliphatic carbocycles. The van der Waals surface area contributed by atoms with E-state index in [1.165, 1.54) is 4.90 Å². The lowest BCUT2D eigenvalue weighted by Crippen LogP contribution is -2.50. The molecule has 0 aromatic heterocycles. The maximum absolute atomic E-state index is 12.9. The molecule has 2 aromatic rings. The van der Waals surface area contributed by atoms with Crippen molar-refractivity contribution < 1.29 is 9.59 Å². The number of carbonyl (C=O) groups is 2. The zero-order chi connectivity index (χ0) is 18.0. The summed E-state index contributed by atoms with van der Waals surface area (Å²) < 4.78 is 0. The fourth-order valence-electron chi connectivity index (χ4n) is 2.96. The third-order valence-corrected chi connectivity index (χ3v) is 4.53. The van der Waals surface area contributed by atoms with Gasteiger partial charge in [-0.05, 0) is 43.7 Å². The number of benzene rings is 2. The summed E-state index contributed by atoms with van der Waals surface area (Å²) in [5.41, 5.74) is 2.42. The van der Waals surface area contributed by atoms with E-state index in [9.17, 15) is 9.59 Å². The Morgan fingerprint density at radius 2 is 1.84 bits per heavy atom. The van der Waals surface area contributed by atoms with Crippen LogP contribution >= 0.6 is 11.6 Å². The van der Waals surface area contributed by atoms with E-state index in [-0.39, 0.29) is 24.4 Å². The Labute approximate surface area is 152 Å². The first-order valence-electron chi connectivity index (χ1n) is 8.17. The van der Waals surface area contributed by atoms with Crippen molar-refractivity contribution in [2.24, 2.45) is 0 Å². The van der Waals surface area contributed by atoms with Gasteiger partial charge in [0.15, 0.2) is 0 Å². The lowest BCUT2D eigenvalue weighted by Gasteiger charge is -2.32. The van der Waals surface area contributed by atoms with Crippen LogP contribution in [0.25, 0.3) is 0 Å². The number of amides is 2. The van der Waals surface area contributed by atoms with E-state index in [2.05, 4.69) is 10.6 Å². The number of anilines is 2. The molecule has 6 heteroatoms. The summed E-state index contributed by atoms with van der Waals surface area (Å²) in [4.78, 5) is 26.3. The Hall–Kier alpha value is -2.37. The van der Waals surface area contributed by atoms with Gasteiger partial charge in [0.25, 0.3) is 0 Å². The number of para-hydroxylation sites is 2. The lowest BCUT2D eigenvalue weighted by atomic mass is 10.1. The first kappa shape index (κ1) is 17.5. The van der Waals surface area contributed by atoms with Crippen molar-refractivity contribution >= 4 is 34.8 Å². The Morgan fingerprint density at radius 1 is 1.16 bits per heavy atom. The van der Waals surface area contributed by atoms with Crippen LogP contribution in [0.3, 0.4) is 0 Å². The largest absolute Gasteiger partial charge is 0.323 e. The molecule has 5 nitrogen and oxygen atoms in total. The molecule has 0 fully saturated rings. The van der Waals surface area contributed by atoms with Gasteiger partial charge in [0.1, 0.15) is 6.54 Å². The summed E-state index contributed by atoms with van der Waals surface area (Å²) in [5, 5.41) is 6.76. The van der Waals surface area contributed by atoms with Crippen molar-refractivity contribution in [1.29, 1.82) is 0 Å². The number of hydrogen-bond acceptors (Lipinski definition) is 3. The minimum absolute atomic E-state index is 0.0231. The molecule has 2 atom stereocenters. The van der Waals surface area contributed by atoms with Crippen molar-refractivity contribution in [2.45, 2.75) is 25.9 Å². The van der Waals surface area contributed by atoms with Gasteiger partial charge in [0, 0.05) is 11.1 Å². The maximum Gasteiger partial charge on any atom is 0.244 e. The highest BCUT2D eigenvalue weighted by Crippen LogP contribution is 2.29. The Bertz CT molecular complexity index is 792. The number of rotatable bonds is 4. The van der Waals surface area contributed by atoms with Crippen molar-refractivity contribution in [3.05, 3.63) is 59.1 Å². The topological polar surface area (TPSA) is 61.4 Å². The number of carbonyl (C=O) groups excluding carboxylic acids is 2. The molecule has 1 heterocycles. The summed E-state index contributed by atoms with van der Waals surface area (Å²) in [6, 6.07) is 14.4. The van der Waals surface area contributed by atoms with Gasteiger partial charge in [-0.15, -0.1) is 0 Å². The average molecular weight is 358 g/mol. The molecule has 0 bridgehead atoms. The molecule has 130 valence electrons. The number of halogens is 1. The van der Waals surface area contributed by atoms with E-state index in [0.29, 0.717) is 10.7 Å². The van der Waals surface area contributed by atoms with E-state index in [0.717, 1.165) is 11.3 Å². The molecule has 0 saturated heterocycles. The normalized spacial score (nSPS) is 16.0. The highest BCUT2D eigenvalue weighted by Gasteiger charge is 2.30. The second-order valence-electron chi connectivity index (χ2n) is 6.15. The Balaban J connectivity index is 1.74. The van der Waals surface area contributed by atoms with Crippen LogP contribution in [0.15, 0.2) is 48.5 Å². The predicted molar refractivity (Wildman–Crippen MR) is 99.9 cm³/mol. The van der Waals surface area contributed by atoms with Crippen LogP contribution in [-0.2, 0) is 9.59 Å². The fourth-order valence-corrected chi connectivity index (χ4v) is 3.08. The molecule has 1 aliphatic heterocycles. The third-order valence-electron chi connectivity index (χ3n) is 4.28. The summed E-state index contributed by atoms with van der Waals surface area (Å²) in [5.74, 6) is -0.326. The maximum atomic E-state index is 12.9. The highest BCUT2D eigenvalue weighted by molar-refractivity contribution is 6.30. The molecular weight excluding hydrogens is 338 g/mol. The molecule has 0 spiro atoms. The molecule has 2 aromatic carbocycles. The lowest BCUT2D eigenvalue weighted by molar-refractivity contribution is -0.123. The number of nitrogens with zero attached hydrogens (tertiary/aromatic N) is 1. The molecule has 0 saturated carbocycles. The summed E-state index contributed by atoms with van der Waals surface area (Å²) in [7, 11) is 0. The molecule has 0 unspecified atom stereocenters. The minimum Gasteiger partial charge on any atom is -0.323 e. The number of hydrogen-bond donors (Lipinski definition) is 2. The van der Waals surface area contributed by atoms with Crippen LogP contribution in [0.1, 0.15) is 25.5 Å². The summed E-state index contributed by atoms with van der Waals surface area (Å²) >= 11 is 5.92. The molecule has 25 heavy (non-hydrogen) atoms. The number of nitrogens with one attached hydrogen (secondary N) is 2. The Kier molecular flexibility index (Phi) is 5.06. The van der Waals surface area contributed by atoms with Crippen LogP contribution in [0.5, 0.6) is 0 Å². The van der Waals surface area contributed by atoms with Crippen LogP contribution < -0.4 is 15.5 Å². The van der Waals surface area contributed by atoms with Crippen LogP contribution in [0.2, 0.25) is 5.02 Å². The summed E-state index contributed by atoms with van der Waals surface area (Å²) in [6.45, 7) is 3.82. The van der Waals surface area contributed by atoms with Gasteiger partial charge in [-0.25, -0.2) is 0 Å². The van der Waals surface area contributed by atoms with E-state index in [1.807, 2.05) is 56.3 Å². The van der Waals surface area contributed by atoms with Gasteiger partial charge < -0.3 is 5.32 Å². The van der Waals surface area contributed by atoms with Crippen molar-refractivity contribution in [2.75, 3.05) is 16.8 Å². The zero-order valence-electron chi connectivity index (χ0n) is 14.1. The van der Waals surface area contributed by atoms with E-state index >= 15 is 0 Å². The Morgan fingerprint density at radius 3 is 2.56 bits per heavy atom. The van der Waals surface area contributed by atoms with Crippen molar-refractivity contribution in [1.82, 2.24) is 5.32 Å². The second-order valence-corrected chi connectivity index (χ2v) is 6.59. The number of fused-ring (bicyclic) bond motifs is 1. The highest BCUT2D eigenvalue weighted by atomic mass is 35.5. The second kappa shape index (κ2) is 7.25. The van der Waals surface area contributed by atoms with Crippen LogP contribution in [-0.4, -0.2) is 24.4 Å². The molecule has 0 radical (unpaired) electrons. The van der Waals surface area contributed by atoms with Gasteiger partial charge in [-0.2, -0.15) is 0 Å². The third kappa shape index (κ3) is 3.83. The van der Waals surface area contributed by atoms with E-state index in [4.69, 9.17) is 11.6 Å². The molecule has 3 rings (SSSR count). The molecule has 2 N–H and O–H groups in total. The quantitative estimate of drug-likeness (QED) is 0.882. The van der Waals surface area contributed by atoms with Crippen molar-refractivity contribution in [3.8, 4) is 0 Å². The van der Waals surface area contributed by atoms with Gasteiger partial charge in [-0.1, -0.05) is 35.9 Å². The van der Waals surface area contributed by atoms with Gasteiger partial charge >= 0.3 is 0 Å². The van der Waals surface area contributed by atoms with Gasteiger partial charge in [-0.3, -0.25) is 19.8 Å². The monoisotopic (exact) mass is 357 g/mol. The zero-order valence-corrected chi connectivity index (χ0v) is 14.9. The van der Waals surface area contributed by atoms with E-state index < -0.39 is 6.04 Å². The summed E-state index contributed by atoms with van der Waals surface area (Å²) in [6.07, 6.45) is 0. The first-order valence-corrected chi connectivity index (χ1v) is 8.55. The predicted octanol–water partition coefficient (Wildman–Crippen LogP) is 3.36. The van der Waals surface area contributed by atoms with Gasteiger partial charge in [0.05, 0.1) is 17.4 Å². The molecule has 1 aliphatic rings. The smallest absolute Gasteiger partial charge is 0.244 e. The minimum atomic E-state index is -0.440. The fraction of sp³-hybridized carbons (Fsp3) is 0.263. The first-order chi connectivity index (χ1) is 12.0. The van der Waals surface area contributed by atoms with Gasteiger partial charge in [0.2, 0.25) is 11.8 Å². The van der Waals surface area contributed by atoms with Crippen molar-refractivity contribution in [3.63, 3.8) is 0 Å². The molecular formula is C19H20ClN3O2. The average Bonchev–Trinajstić information content (AvgIpc) is 2.60. The van der Waals surface area contributed by atoms with E-state index in [1.54, 1.807) is 6.07 Å². The van der Waals surface area contributed by atoms with Crippen LogP contribution in [0.4, 0.5) is 11.4 Å².